The molecule has 1 N–H and O–H groups in total. The number of fused-ring (bicyclic) bond motifs is 3. The third-order valence-corrected chi connectivity index (χ3v) is 3.86. The number of anilines is 1. The molecule has 2 atom stereocenters. The summed E-state index contributed by atoms with van der Waals surface area (Å²) in [5, 5.41) is 3.61. The molecule has 2 unspecified atom stereocenters. The molecule has 0 bridgehead atoms. The monoisotopic (exact) mass is 188 g/mol. The van der Waals surface area contributed by atoms with Crippen molar-refractivity contribution < 1.29 is 0 Å². The van der Waals surface area contributed by atoms with Gasteiger partial charge < -0.3 is 5.32 Å². The number of nitrogens with one attached hydrogen (secondary N) is 1. The topological polar surface area (TPSA) is 15.3 Å². The maximum absolute atomic E-state index is 3.61. The Labute approximate surface area is 84.9 Å². The number of benzene rings is 1. The average molecular weight is 188 g/mol. The van der Waals surface area contributed by atoms with Crippen LogP contribution in [0.15, 0.2) is 24.3 Å². The third kappa shape index (κ3) is 0.845. The van der Waals surface area contributed by atoms with Crippen molar-refractivity contribution in [3.8, 4) is 0 Å². The minimum absolute atomic E-state index is 0.325. The molecular weight excluding hydrogens is 172 g/mol. The Bertz CT molecular complexity index is 374. The Morgan fingerprint density at radius 1 is 1.43 bits per heavy atom. The Kier molecular flexibility index (Phi) is 1.49. The fraction of sp³-hybridized carbons (Fsp3) is 0.500. The van der Waals surface area contributed by atoms with Gasteiger partial charge in [0.1, 0.15) is 0 Å². The van der Waals surface area contributed by atoms with Crippen molar-refractivity contribution in [3.63, 3.8) is 0 Å². The molecule has 2 aliphatic rings. The summed E-state index contributed by atoms with van der Waals surface area (Å²) in [5.41, 5.74) is 3.15. The molecule has 14 heavy (non-hydrogen) atoms. The van der Waals surface area contributed by atoms with Gasteiger partial charge in [-0.1, -0.05) is 25.1 Å². The Balaban J connectivity index is 2.14. The second kappa shape index (κ2) is 2.51. The molecule has 2 aliphatic heterocycles. The quantitative estimate of drug-likeness (QED) is 0.670. The van der Waals surface area contributed by atoms with Crippen LogP contribution in [0.5, 0.6) is 0 Å². The SMILES string of the molecule is CN1CCC2(C)c3ccccc3NC12. The van der Waals surface area contributed by atoms with E-state index >= 15 is 0 Å². The number of hydrogen-bond donors (Lipinski definition) is 1. The zero-order valence-corrected chi connectivity index (χ0v) is 8.75. The van der Waals surface area contributed by atoms with Crippen LogP contribution < -0.4 is 5.32 Å². The van der Waals surface area contributed by atoms with E-state index in [1.165, 1.54) is 24.2 Å². The van der Waals surface area contributed by atoms with E-state index in [4.69, 9.17) is 0 Å². The molecule has 0 spiro atoms. The summed E-state index contributed by atoms with van der Waals surface area (Å²) in [6.45, 7) is 3.57. The van der Waals surface area contributed by atoms with Crippen molar-refractivity contribution in [2.45, 2.75) is 24.9 Å². The fourth-order valence-corrected chi connectivity index (χ4v) is 2.97. The molecule has 2 nitrogen and oxygen atoms in total. The van der Waals surface area contributed by atoms with Crippen LogP contribution in [-0.4, -0.2) is 24.7 Å². The molecule has 2 heteroatoms. The third-order valence-electron chi connectivity index (χ3n) is 3.86. The highest BCUT2D eigenvalue weighted by molar-refractivity contribution is 5.62. The predicted octanol–water partition coefficient (Wildman–Crippen LogP) is 2.03. The van der Waals surface area contributed by atoms with Gasteiger partial charge in [-0.2, -0.15) is 0 Å². The molecule has 1 aromatic rings. The molecule has 0 amide bonds. The smallest absolute Gasteiger partial charge is 0.0888 e. The van der Waals surface area contributed by atoms with Gasteiger partial charge in [0.25, 0.3) is 0 Å². The Hall–Kier alpha value is -1.02. The van der Waals surface area contributed by atoms with Crippen LogP contribution in [-0.2, 0) is 5.41 Å². The average Bonchev–Trinajstić information content (AvgIpc) is 2.64. The van der Waals surface area contributed by atoms with Crippen molar-refractivity contribution in [1.82, 2.24) is 4.90 Å². The van der Waals surface area contributed by atoms with Crippen molar-refractivity contribution in [3.05, 3.63) is 29.8 Å². The number of para-hydroxylation sites is 1. The standard InChI is InChI=1S/C12H16N2/c1-12-7-8-14(2)11(12)13-10-6-4-3-5-9(10)12/h3-6,11,13H,7-8H2,1-2H3. The zero-order chi connectivity index (χ0) is 9.76. The van der Waals surface area contributed by atoms with Gasteiger partial charge in [-0.05, 0) is 25.1 Å². The van der Waals surface area contributed by atoms with Gasteiger partial charge in [-0.15, -0.1) is 0 Å². The van der Waals surface area contributed by atoms with Crippen LogP contribution in [0.3, 0.4) is 0 Å². The van der Waals surface area contributed by atoms with Gasteiger partial charge in [0.2, 0.25) is 0 Å². The highest BCUT2D eigenvalue weighted by Crippen LogP contribution is 2.47. The summed E-state index contributed by atoms with van der Waals surface area (Å²) in [7, 11) is 2.20. The molecule has 0 aromatic heterocycles. The van der Waals surface area contributed by atoms with Crippen LogP contribution in [0.25, 0.3) is 0 Å². The van der Waals surface area contributed by atoms with E-state index in [0.29, 0.717) is 11.6 Å². The minimum Gasteiger partial charge on any atom is -0.369 e. The Morgan fingerprint density at radius 3 is 3.07 bits per heavy atom. The van der Waals surface area contributed by atoms with Crippen LogP contribution >= 0.6 is 0 Å². The first-order valence-corrected chi connectivity index (χ1v) is 5.28. The van der Waals surface area contributed by atoms with Gasteiger partial charge in [-0.3, -0.25) is 4.90 Å². The van der Waals surface area contributed by atoms with E-state index < -0.39 is 0 Å². The first-order chi connectivity index (χ1) is 6.72. The summed E-state index contributed by atoms with van der Waals surface area (Å²) in [4.78, 5) is 2.42. The number of hydrogen-bond acceptors (Lipinski definition) is 2. The molecule has 0 radical (unpaired) electrons. The van der Waals surface area contributed by atoms with Crippen LogP contribution in [0, 0.1) is 0 Å². The van der Waals surface area contributed by atoms with Crippen molar-refractivity contribution in [2.75, 3.05) is 18.9 Å². The summed E-state index contributed by atoms with van der Waals surface area (Å²) in [5.74, 6) is 0. The fourth-order valence-electron chi connectivity index (χ4n) is 2.97. The van der Waals surface area contributed by atoms with E-state index in [0.717, 1.165) is 0 Å². The van der Waals surface area contributed by atoms with Gasteiger partial charge in [0.15, 0.2) is 0 Å². The molecule has 74 valence electrons. The maximum atomic E-state index is 3.61. The van der Waals surface area contributed by atoms with E-state index in [1.807, 2.05) is 0 Å². The van der Waals surface area contributed by atoms with Crippen LogP contribution in [0.2, 0.25) is 0 Å². The number of rotatable bonds is 0. The van der Waals surface area contributed by atoms with Gasteiger partial charge in [0.05, 0.1) is 6.17 Å². The lowest BCUT2D eigenvalue weighted by Gasteiger charge is -2.26. The minimum atomic E-state index is 0.325. The van der Waals surface area contributed by atoms with Crippen LogP contribution in [0.4, 0.5) is 5.69 Å². The Morgan fingerprint density at radius 2 is 2.21 bits per heavy atom. The summed E-state index contributed by atoms with van der Waals surface area (Å²) >= 11 is 0. The zero-order valence-electron chi connectivity index (χ0n) is 8.75. The lowest BCUT2D eigenvalue weighted by atomic mass is 9.81. The highest BCUT2D eigenvalue weighted by atomic mass is 15.3. The largest absolute Gasteiger partial charge is 0.369 e. The van der Waals surface area contributed by atoms with Gasteiger partial charge in [-0.25, -0.2) is 0 Å². The van der Waals surface area contributed by atoms with E-state index in [1.54, 1.807) is 0 Å². The molecule has 0 saturated carbocycles. The molecular formula is C12H16N2. The van der Waals surface area contributed by atoms with Crippen molar-refractivity contribution >= 4 is 5.69 Å². The number of likely N-dealkylation sites (tertiary alicyclic amines) is 1. The first kappa shape index (κ1) is 8.30. The van der Waals surface area contributed by atoms with Crippen molar-refractivity contribution in [1.29, 1.82) is 0 Å². The van der Waals surface area contributed by atoms with Crippen LogP contribution in [0.1, 0.15) is 18.9 Å². The molecule has 3 rings (SSSR count). The molecule has 1 saturated heterocycles. The second-order valence-electron chi connectivity index (χ2n) is 4.74. The maximum Gasteiger partial charge on any atom is 0.0888 e. The molecule has 2 heterocycles. The molecule has 0 aliphatic carbocycles. The normalized spacial score (nSPS) is 35.1. The molecule has 1 aromatic carbocycles. The lowest BCUT2D eigenvalue weighted by Crippen LogP contribution is -2.39. The summed E-state index contributed by atoms with van der Waals surface area (Å²) in [6, 6.07) is 8.71. The lowest BCUT2D eigenvalue weighted by molar-refractivity contribution is 0.297. The van der Waals surface area contributed by atoms with Gasteiger partial charge in [0, 0.05) is 17.6 Å². The first-order valence-electron chi connectivity index (χ1n) is 5.28. The predicted molar refractivity (Wildman–Crippen MR) is 58.5 cm³/mol. The highest BCUT2D eigenvalue weighted by Gasteiger charge is 2.48. The van der Waals surface area contributed by atoms with E-state index in [2.05, 4.69) is 48.5 Å². The summed E-state index contributed by atoms with van der Waals surface area (Å²) in [6.07, 6.45) is 1.76. The van der Waals surface area contributed by atoms with Crippen molar-refractivity contribution in [2.24, 2.45) is 0 Å². The summed E-state index contributed by atoms with van der Waals surface area (Å²) < 4.78 is 0. The molecule has 1 fully saturated rings. The number of nitrogens with zero attached hydrogens (tertiary/aromatic N) is 1. The van der Waals surface area contributed by atoms with E-state index in [9.17, 15) is 0 Å². The van der Waals surface area contributed by atoms with Gasteiger partial charge >= 0.3 is 0 Å². The van der Waals surface area contributed by atoms with E-state index in [-0.39, 0.29) is 0 Å². The number of likely N-dealkylation sites (N-methyl/N-ethyl adjacent to an activating group) is 1. The second-order valence-corrected chi connectivity index (χ2v) is 4.74.